The molecule has 0 bridgehead atoms. The van der Waals surface area contributed by atoms with Gasteiger partial charge < -0.3 is 15.2 Å². The zero-order valence-corrected chi connectivity index (χ0v) is 10.9. The van der Waals surface area contributed by atoms with E-state index in [1.165, 1.54) is 5.56 Å². The third-order valence-electron chi connectivity index (χ3n) is 4.25. The maximum Gasteiger partial charge on any atom is 0.126 e. The smallest absolute Gasteiger partial charge is 0.126 e. The molecule has 0 aromatic heterocycles. The van der Waals surface area contributed by atoms with Crippen molar-refractivity contribution in [2.24, 2.45) is 0 Å². The molecule has 0 aliphatic carbocycles. The van der Waals surface area contributed by atoms with Gasteiger partial charge in [-0.05, 0) is 44.0 Å². The summed E-state index contributed by atoms with van der Waals surface area (Å²) in [6.45, 7) is 4.10. The first kappa shape index (κ1) is 12.0. The van der Waals surface area contributed by atoms with Gasteiger partial charge in [0.2, 0.25) is 0 Å². The van der Waals surface area contributed by atoms with E-state index in [1.807, 2.05) is 6.07 Å². The second-order valence-corrected chi connectivity index (χ2v) is 5.48. The van der Waals surface area contributed by atoms with Gasteiger partial charge in [0.15, 0.2) is 0 Å². The predicted molar refractivity (Wildman–Crippen MR) is 70.9 cm³/mol. The number of aryl methyl sites for hydroxylation is 1. The summed E-state index contributed by atoms with van der Waals surface area (Å²) < 4.78 is 6.27. The molecular weight excluding hydrogens is 226 g/mol. The number of benzene rings is 1. The summed E-state index contributed by atoms with van der Waals surface area (Å²) in [6.07, 6.45) is 3.33. The van der Waals surface area contributed by atoms with Crippen LogP contribution in [0.2, 0.25) is 0 Å². The first-order chi connectivity index (χ1) is 8.72. The molecule has 1 saturated heterocycles. The lowest BCUT2D eigenvalue weighted by atomic mass is 9.82. The van der Waals surface area contributed by atoms with Crippen LogP contribution >= 0.6 is 0 Å². The summed E-state index contributed by atoms with van der Waals surface area (Å²) in [4.78, 5) is 0. The number of piperidine rings is 1. The van der Waals surface area contributed by atoms with Crippen LogP contribution in [0.5, 0.6) is 5.75 Å². The number of aliphatic hydroxyl groups excluding tert-OH is 1. The topological polar surface area (TPSA) is 41.5 Å². The van der Waals surface area contributed by atoms with Gasteiger partial charge in [0.1, 0.15) is 11.4 Å². The number of hydrogen-bond acceptors (Lipinski definition) is 3. The lowest BCUT2D eigenvalue weighted by Gasteiger charge is -2.43. The molecule has 1 aromatic carbocycles. The molecule has 0 amide bonds. The Bertz CT molecular complexity index is 438. The number of aliphatic hydroxyl groups is 1. The van der Waals surface area contributed by atoms with E-state index in [2.05, 4.69) is 24.4 Å². The molecule has 18 heavy (non-hydrogen) atoms. The van der Waals surface area contributed by atoms with Gasteiger partial charge >= 0.3 is 0 Å². The Kier molecular flexibility index (Phi) is 3.04. The molecule has 1 aromatic rings. The maximum absolute atomic E-state index is 10.3. The van der Waals surface area contributed by atoms with Gasteiger partial charge in [-0.15, -0.1) is 0 Å². The number of nitrogens with one attached hydrogen (secondary N) is 1. The molecule has 3 heteroatoms. The van der Waals surface area contributed by atoms with Gasteiger partial charge in [-0.3, -0.25) is 0 Å². The average molecular weight is 247 g/mol. The lowest BCUT2D eigenvalue weighted by Crippen LogP contribution is -2.49. The van der Waals surface area contributed by atoms with Crippen LogP contribution in [-0.4, -0.2) is 23.8 Å². The Morgan fingerprint density at radius 2 is 2.17 bits per heavy atom. The molecule has 0 saturated carbocycles. The standard InChI is InChI=1S/C15H21NO2/c1-2-11-3-4-12-13(17)10-15(18-14(12)9-11)5-7-16-8-6-15/h3-4,9,13,16-17H,2,5-8,10H2,1H3. The van der Waals surface area contributed by atoms with Gasteiger partial charge in [-0.1, -0.05) is 19.1 Å². The van der Waals surface area contributed by atoms with Crippen LogP contribution in [0, 0.1) is 0 Å². The second-order valence-electron chi connectivity index (χ2n) is 5.48. The van der Waals surface area contributed by atoms with E-state index in [0.717, 1.165) is 50.1 Å². The van der Waals surface area contributed by atoms with Crippen LogP contribution in [0.15, 0.2) is 18.2 Å². The molecule has 98 valence electrons. The molecule has 2 aliphatic rings. The summed E-state index contributed by atoms with van der Waals surface area (Å²) in [5.41, 5.74) is 2.08. The van der Waals surface area contributed by atoms with E-state index < -0.39 is 0 Å². The molecule has 3 rings (SSSR count). The van der Waals surface area contributed by atoms with Crippen molar-refractivity contribution in [3.05, 3.63) is 29.3 Å². The largest absolute Gasteiger partial charge is 0.487 e. The molecule has 2 N–H and O–H groups in total. The van der Waals surface area contributed by atoms with Crippen LogP contribution in [0.1, 0.15) is 43.4 Å². The van der Waals surface area contributed by atoms with Crippen LogP contribution in [0.25, 0.3) is 0 Å². The molecular formula is C15H21NO2. The van der Waals surface area contributed by atoms with Gasteiger partial charge in [-0.2, -0.15) is 0 Å². The predicted octanol–water partition coefficient (Wildman–Crippen LogP) is 2.19. The van der Waals surface area contributed by atoms with E-state index in [-0.39, 0.29) is 11.7 Å². The summed E-state index contributed by atoms with van der Waals surface area (Å²) in [6, 6.07) is 6.21. The van der Waals surface area contributed by atoms with Crippen molar-refractivity contribution in [1.29, 1.82) is 0 Å². The van der Waals surface area contributed by atoms with Gasteiger partial charge in [0.25, 0.3) is 0 Å². The first-order valence-electron chi connectivity index (χ1n) is 6.93. The Hall–Kier alpha value is -1.06. The van der Waals surface area contributed by atoms with E-state index >= 15 is 0 Å². The first-order valence-corrected chi connectivity index (χ1v) is 6.93. The summed E-state index contributed by atoms with van der Waals surface area (Å²) >= 11 is 0. The highest BCUT2D eigenvalue weighted by Crippen LogP contribution is 2.43. The highest BCUT2D eigenvalue weighted by Gasteiger charge is 2.41. The molecule has 1 atom stereocenters. The van der Waals surface area contributed by atoms with E-state index in [9.17, 15) is 5.11 Å². The molecule has 2 aliphatic heterocycles. The van der Waals surface area contributed by atoms with Crippen molar-refractivity contribution in [3.63, 3.8) is 0 Å². The van der Waals surface area contributed by atoms with Crippen molar-refractivity contribution < 1.29 is 9.84 Å². The Labute approximate surface area is 108 Å². The zero-order valence-electron chi connectivity index (χ0n) is 10.9. The molecule has 1 spiro atoms. The third kappa shape index (κ3) is 2.02. The number of hydrogen-bond donors (Lipinski definition) is 2. The highest BCUT2D eigenvalue weighted by atomic mass is 16.5. The van der Waals surface area contributed by atoms with E-state index in [0.29, 0.717) is 0 Å². The minimum Gasteiger partial charge on any atom is -0.487 e. The highest BCUT2D eigenvalue weighted by molar-refractivity contribution is 5.41. The molecule has 0 radical (unpaired) electrons. The second kappa shape index (κ2) is 4.56. The summed E-state index contributed by atoms with van der Waals surface area (Å²) in [5, 5.41) is 13.7. The van der Waals surface area contributed by atoms with Gasteiger partial charge in [0, 0.05) is 12.0 Å². The number of fused-ring (bicyclic) bond motifs is 1. The Balaban J connectivity index is 1.94. The molecule has 2 heterocycles. The van der Waals surface area contributed by atoms with E-state index in [1.54, 1.807) is 0 Å². The van der Waals surface area contributed by atoms with Gasteiger partial charge in [-0.25, -0.2) is 0 Å². The van der Waals surface area contributed by atoms with Crippen molar-refractivity contribution in [2.45, 2.75) is 44.3 Å². The number of rotatable bonds is 1. The van der Waals surface area contributed by atoms with E-state index in [4.69, 9.17) is 4.74 Å². The Morgan fingerprint density at radius 1 is 1.39 bits per heavy atom. The normalized spacial score (nSPS) is 25.6. The third-order valence-corrected chi connectivity index (χ3v) is 4.25. The molecule has 1 fully saturated rings. The zero-order chi connectivity index (χ0) is 12.6. The van der Waals surface area contributed by atoms with Crippen molar-refractivity contribution in [3.8, 4) is 5.75 Å². The van der Waals surface area contributed by atoms with Crippen LogP contribution in [0.4, 0.5) is 0 Å². The van der Waals surface area contributed by atoms with Gasteiger partial charge in [0.05, 0.1) is 6.10 Å². The van der Waals surface area contributed by atoms with Crippen molar-refractivity contribution in [1.82, 2.24) is 5.32 Å². The fourth-order valence-corrected chi connectivity index (χ4v) is 3.09. The summed E-state index contributed by atoms with van der Waals surface area (Å²) in [5.74, 6) is 0.898. The Morgan fingerprint density at radius 3 is 2.89 bits per heavy atom. The summed E-state index contributed by atoms with van der Waals surface area (Å²) in [7, 11) is 0. The fourth-order valence-electron chi connectivity index (χ4n) is 3.09. The molecule has 3 nitrogen and oxygen atoms in total. The van der Waals surface area contributed by atoms with Crippen molar-refractivity contribution in [2.75, 3.05) is 13.1 Å². The minimum atomic E-state index is -0.377. The average Bonchev–Trinajstić information content (AvgIpc) is 2.38. The maximum atomic E-state index is 10.3. The SMILES string of the molecule is CCc1ccc2c(c1)OC1(CCNCC1)CC2O. The lowest BCUT2D eigenvalue weighted by molar-refractivity contribution is -0.0337. The monoisotopic (exact) mass is 247 g/mol. The quantitative estimate of drug-likeness (QED) is 0.799. The van der Waals surface area contributed by atoms with Crippen molar-refractivity contribution >= 4 is 0 Å². The van der Waals surface area contributed by atoms with Crippen LogP contribution in [0.3, 0.4) is 0 Å². The molecule has 1 unspecified atom stereocenters. The van der Waals surface area contributed by atoms with Crippen LogP contribution < -0.4 is 10.1 Å². The number of ether oxygens (including phenoxy) is 1. The van der Waals surface area contributed by atoms with Crippen LogP contribution in [-0.2, 0) is 6.42 Å². The fraction of sp³-hybridized carbons (Fsp3) is 0.600. The minimum absolute atomic E-state index is 0.149.